The number of carbonyl (C=O) groups excluding carboxylic acids is 1. The van der Waals surface area contributed by atoms with E-state index in [9.17, 15) is 9.18 Å². The van der Waals surface area contributed by atoms with Crippen LogP contribution in [0.15, 0.2) is 47.1 Å². The monoisotopic (exact) mass is 509 g/mol. The van der Waals surface area contributed by atoms with Crippen LogP contribution < -0.4 is 9.47 Å². The van der Waals surface area contributed by atoms with Crippen molar-refractivity contribution in [2.75, 3.05) is 6.61 Å². The van der Waals surface area contributed by atoms with Gasteiger partial charge in [-0.2, -0.15) is 0 Å². The number of hydrogen-bond donors (Lipinski definition) is 0. The van der Waals surface area contributed by atoms with Crippen LogP contribution in [0.2, 0.25) is 0 Å². The number of cyclic esters (lactones) is 1. The highest BCUT2D eigenvalue weighted by atomic mass is 127. The van der Waals surface area contributed by atoms with E-state index >= 15 is 0 Å². The molecule has 0 fully saturated rings. The lowest BCUT2D eigenvalue weighted by Gasteiger charge is -2.18. The molecule has 1 unspecified atom stereocenters. The topological polar surface area (TPSA) is 57.1 Å². The van der Waals surface area contributed by atoms with Crippen LogP contribution in [0.1, 0.15) is 38.3 Å². The predicted octanol–water partition coefficient (Wildman–Crippen LogP) is 5.35. The van der Waals surface area contributed by atoms with Gasteiger partial charge in [0.15, 0.2) is 17.2 Å². The first-order chi connectivity index (χ1) is 13.9. The van der Waals surface area contributed by atoms with Crippen LogP contribution >= 0.6 is 22.6 Å². The van der Waals surface area contributed by atoms with Crippen molar-refractivity contribution in [1.29, 1.82) is 0 Å². The Labute approximate surface area is 182 Å². The van der Waals surface area contributed by atoms with Gasteiger partial charge in [0, 0.05) is 5.56 Å². The van der Waals surface area contributed by atoms with Crippen LogP contribution in [0.3, 0.4) is 0 Å². The largest absolute Gasteiger partial charge is 0.490 e. The molecule has 29 heavy (non-hydrogen) atoms. The first-order valence-corrected chi connectivity index (χ1v) is 10.4. The van der Waals surface area contributed by atoms with Crippen LogP contribution in [0.5, 0.6) is 11.5 Å². The molecule has 0 spiro atoms. The van der Waals surface area contributed by atoms with E-state index < -0.39 is 5.97 Å². The zero-order chi connectivity index (χ0) is 21.0. The zero-order valence-corrected chi connectivity index (χ0v) is 18.5. The summed E-state index contributed by atoms with van der Waals surface area (Å²) in [4.78, 5) is 16.5. The summed E-state index contributed by atoms with van der Waals surface area (Å²) in [6, 6.07) is 9.32. The molecule has 0 saturated carbocycles. The van der Waals surface area contributed by atoms with Gasteiger partial charge in [-0.05, 0) is 90.9 Å². The van der Waals surface area contributed by atoms with Gasteiger partial charge in [-0.15, -0.1) is 0 Å². The van der Waals surface area contributed by atoms with Crippen molar-refractivity contribution in [2.24, 2.45) is 4.99 Å². The number of nitrogens with zero attached hydrogens (tertiary/aromatic N) is 1. The number of aliphatic imine (C=N–C) groups is 1. The second-order valence-corrected chi connectivity index (χ2v) is 7.60. The second kappa shape index (κ2) is 9.39. The Morgan fingerprint density at radius 2 is 1.97 bits per heavy atom. The molecule has 1 aliphatic heterocycles. The number of halogens is 2. The van der Waals surface area contributed by atoms with Gasteiger partial charge >= 0.3 is 5.97 Å². The van der Waals surface area contributed by atoms with Crippen LogP contribution in [0, 0.1) is 9.39 Å². The number of benzene rings is 2. The van der Waals surface area contributed by atoms with Crippen LogP contribution in [-0.4, -0.2) is 24.6 Å². The maximum absolute atomic E-state index is 13.1. The van der Waals surface area contributed by atoms with Gasteiger partial charge < -0.3 is 14.2 Å². The SMILES string of the molecule is CCOc1cc(/C=C2\N=C(c3ccc(F)cc3)OC2=O)cc(I)c1OC(C)CC. The molecular formula is C22H21FINO4. The third kappa shape index (κ3) is 5.14. The summed E-state index contributed by atoms with van der Waals surface area (Å²) in [7, 11) is 0. The molecule has 7 heteroatoms. The molecule has 2 aromatic rings. The average Bonchev–Trinajstić information content (AvgIpc) is 3.05. The lowest BCUT2D eigenvalue weighted by atomic mass is 10.1. The summed E-state index contributed by atoms with van der Waals surface area (Å²) >= 11 is 2.19. The average molecular weight is 509 g/mol. The Bertz CT molecular complexity index is 970. The minimum atomic E-state index is -0.558. The highest BCUT2D eigenvalue weighted by molar-refractivity contribution is 14.1. The fourth-order valence-electron chi connectivity index (χ4n) is 2.62. The van der Waals surface area contributed by atoms with Gasteiger partial charge in [0.25, 0.3) is 0 Å². The Morgan fingerprint density at radius 3 is 2.62 bits per heavy atom. The van der Waals surface area contributed by atoms with E-state index in [0.29, 0.717) is 23.7 Å². The smallest absolute Gasteiger partial charge is 0.363 e. The maximum atomic E-state index is 13.1. The van der Waals surface area contributed by atoms with Crippen molar-refractivity contribution in [2.45, 2.75) is 33.3 Å². The van der Waals surface area contributed by atoms with Crippen LogP contribution in [-0.2, 0) is 9.53 Å². The summed E-state index contributed by atoms with van der Waals surface area (Å²) < 4.78 is 31.0. The molecule has 0 bridgehead atoms. The maximum Gasteiger partial charge on any atom is 0.363 e. The lowest BCUT2D eigenvalue weighted by molar-refractivity contribution is -0.129. The zero-order valence-electron chi connectivity index (χ0n) is 16.4. The predicted molar refractivity (Wildman–Crippen MR) is 118 cm³/mol. The van der Waals surface area contributed by atoms with Gasteiger partial charge in [0.05, 0.1) is 16.3 Å². The molecule has 1 atom stereocenters. The third-order valence-corrected chi connectivity index (χ3v) is 5.04. The highest BCUT2D eigenvalue weighted by Crippen LogP contribution is 2.36. The standard InChI is InChI=1S/C22H21FINO4/c1-4-13(3)28-20-17(24)10-14(12-19(20)27-5-2)11-18-22(26)29-21(25-18)15-6-8-16(23)9-7-15/h6-13H,4-5H2,1-3H3/b18-11-. The number of hydrogen-bond acceptors (Lipinski definition) is 5. The first kappa shape index (κ1) is 21.3. The van der Waals surface area contributed by atoms with Gasteiger partial charge in [0.1, 0.15) is 5.82 Å². The van der Waals surface area contributed by atoms with E-state index in [0.717, 1.165) is 15.6 Å². The minimum Gasteiger partial charge on any atom is -0.490 e. The fraction of sp³-hybridized carbons (Fsp3) is 0.273. The normalized spacial score (nSPS) is 15.8. The first-order valence-electron chi connectivity index (χ1n) is 9.32. The molecule has 152 valence electrons. The number of carbonyl (C=O) groups is 1. The molecule has 1 aliphatic rings. The van der Waals surface area contributed by atoms with Crippen molar-refractivity contribution in [3.8, 4) is 11.5 Å². The van der Waals surface area contributed by atoms with E-state index in [2.05, 4.69) is 34.5 Å². The summed E-state index contributed by atoms with van der Waals surface area (Å²) in [5.41, 5.74) is 1.44. The third-order valence-electron chi connectivity index (χ3n) is 4.24. The van der Waals surface area contributed by atoms with E-state index in [4.69, 9.17) is 14.2 Å². The molecule has 0 aliphatic carbocycles. The second-order valence-electron chi connectivity index (χ2n) is 6.44. The van der Waals surface area contributed by atoms with Gasteiger partial charge in [-0.3, -0.25) is 0 Å². The quantitative estimate of drug-likeness (QED) is 0.287. The fourth-order valence-corrected chi connectivity index (χ4v) is 3.37. The molecule has 3 rings (SSSR count). The molecule has 2 aromatic carbocycles. The molecule has 0 radical (unpaired) electrons. The molecule has 0 amide bonds. The summed E-state index contributed by atoms with van der Waals surface area (Å²) in [5, 5.41) is 0. The van der Waals surface area contributed by atoms with Crippen LogP contribution in [0.4, 0.5) is 4.39 Å². The molecule has 1 heterocycles. The van der Waals surface area contributed by atoms with E-state index in [1.165, 1.54) is 24.3 Å². The van der Waals surface area contributed by atoms with E-state index in [1.54, 1.807) is 6.08 Å². The summed E-state index contributed by atoms with van der Waals surface area (Å²) in [5.74, 6) is 0.524. The number of ether oxygens (including phenoxy) is 3. The Kier molecular flexibility index (Phi) is 6.89. The Hall–Kier alpha value is -2.42. The summed E-state index contributed by atoms with van der Waals surface area (Å²) in [6.07, 6.45) is 2.57. The lowest BCUT2D eigenvalue weighted by Crippen LogP contribution is -2.12. The van der Waals surface area contributed by atoms with E-state index in [-0.39, 0.29) is 23.5 Å². The Morgan fingerprint density at radius 1 is 1.24 bits per heavy atom. The summed E-state index contributed by atoms with van der Waals surface area (Å²) in [6.45, 7) is 6.45. The highest BCUT2D eigenvalue weighted by Gasteiger charge is 2.24. The molecule has 0 aromatic heterocycles. The van der Waals surface area contributed by atoms with Crippen molar-refractivity contribution in [3.05, 3.63) is 62.6 Å². The van der Waals surface area contributed by atoms with Crippen molar-refractivity contribution in [1.82, 2.24) is 0 Å². The Balaban J connectivity index is 1.94. The molecule has 5 nitrogen and oxygen atoms in total. The van der Waals surface area contributed by atoms with Gasteiger partial charge in [-0.1, -0.05) is 6.92 Å². The van der Waals surface area contributed by atoms with Crippen LogP contribution in [0.25, 0.3) is 6.08 Å². The molecular weight excluding hydrogens is 488 g/mol. The molecule has 0 N–H and O–H groups in total. The minimum absolute atomic E-state index is 0.0552. The van der Waals surface area contributed by atoms with E-state index in [1.807, 2.05) is 26.0 Å². The van der Waals surface area contributed by atoms with Crippen molar-refractivity contribution < 1.29 is 23.4 Å². The number of esters is 1. The molecule has 0 saturated heterocycles. The van der Waals surface area contributed by atoms with Gasteiger partial charge in [0.2, 0.25) is 5.90 Å². The van der Waals surface area contributed by atoms with Gasteiger partial charge in [-0.25, -0.2) is 14.2 Å². The van der Waals surface area contributed by atoms with Crippen molar-refractivity contribution in [3.63, 3.8) is 0 Å². The van der Waals surface area contributed by atoms with Crippen molar-refractivity contribution >= 4 is 40.5 Å². The number of rotatable bonds is 7.